The minimum Gasteiger partial charge on any atom is -0.493 e. The van der Waals surface area contributed by atoms with Crippen LogP contribution < -0.4 is 14.2 Å². The predicted molar refractivity (Wildman–Crippen MR) is 110 cm³/mol. The molecule has 0 N–H and O–H groups in total. The Hall–Kier alpha value is -3.43. The highest BCUT2D eigenvalue weighted by Crippen LogP contribution is 2.30. The Labute approximate surface area is 178 Å². The number of alkyl halides is 2. The molecular weight excluding hydrogens is 410 g/mol. The van der Waals surface area contributed by atoms with Gasteiger partial charge in [0.25, 0.3) is 5.91 Å². The number of pyridine rings is 1. The average molecular weight is 434 g/mol. The fraction of sp³-hybridized carbons (Fsp3) is 0.381. The summed E-state index contributed by atoms with van der Waals surface area (Å²) in [5.41, 5.74) is 3.21. The molecule has 31 heavy (non-hydrogen) atoms. The number of nitrogens with zero attached hydrogens (tertiary/aromatic N) is 4. The van der Waals surface area contributed by atoms with Crippen LogP contribution in [0.4, 0.5) is 8.78 Å². The van der Waals surface area contributed by atoms with Crippen molar-refractivity contribution in [3.05, 3.63) is 41.1 Å². The SMILES string of the molecule is COc1cc(CN(C)C(=O)COc2nn(C)c3nc(C)cc(C)c23)ccc1OC(F)F. The number of hydrogen-bond acceptors (Lipinski definition) is 6. The van der Waals surface area contributed by atoms with Crippen LogP contribution in [0, 0.1) is 13.8 Å². The van der Waals surface area contributed by atoms with Crippen LogP contribution in [-0.2, 0) is 18.4 Å². The summed E-state index contributed by atoms with van der Waals surface area (Å²) in [5, 5.41) is 5.10. The van der Waals surface area contributed by atoms with Crippen molar-refractivity contribution in [2.75, 3.05) is 20.8 Å². The molecule has 0 bridgehead atoms. The van der Waals surface area contributed by atoms with E-state index in [0.29, 0.717) is 17.1 Å². The Morgan fingerprint density at radius 1 is 1.23 bits per heavy atom. The minimum atomic E-state index is -2.95. The molecule has 0 aliphatic rings. The zero-order valence-corrected chi connectivity index (χ0v) is 18.0. The summed E-state index contributed by atoms with van der Waals surface area (Å²) in [4.78, 5) is 18.5. The molecule has 0 spiro atoms. The number of hydrogen-bond donors (Lipinski definition) is 0. The van der Waals surface area contributed by atoms with Crippen LogP contribution in [0.5, 0.6) is 17.4 Å². The maximum Gasteiger partial charge on any atom is 0.387 e. The standard InChI is InChI=1S/C21H24F2N4O4/c1-12-8-13(2)24-19-18(12)20(25-27(19)4)30-11-17(28)26(3)10-14-6-7-15(31-21(22)23)16(9-14)29-5/h6-9,21H,10-11H2,1-5H3. The molecule has 0 aliphatic carbocycles. The molecule has 0 aliphatic heterocycles. The highest BCUT2D eigenvalue weighted by atomic mass is 19.3. The lowest BCUT2D eigenvalue weighted by atomic mass is 10.2. The molecule has 0 atom stereocenters. The molecule has 166 valence electrons. The van der Waals surface area contributed by atoms with Crippen LogP contribution >= 0.6 is 0 Å². The second-order valence-corrected chi connectivity index (χ2v) is 7.11. The van der Waals surface area contributed by atoms with Gasteiger partial charge in [0.15, 0.2) is 23.8 Å². The number of likely N-dealkylation sites (N-methyl/N-ethyl adjacent to an activating group) is 1. The van der Waals surface area contributed by atoms with Gasteiger partial charge in [0.05, 0.1) is 12.5 Å². The number of aryl methyl sites for hydroxylation is 3. The van der Waals surface area contributed by atoms with E-state index in [2.05, 4.69) is 14.8 Å². The van der Waals surface area contributed by atoms with E-state index in [1.54, 1.807) is 30.9 Å². The summed E-state index contributed by atoms with van der Waals surface area (Å²) in [5.74, 6) is 0.163. The molecule has 0 saturated heterocycles. The van der Waals surface area contributed by atoms with E-state index in [1.165, 1.54) is 18.1 Å². The quantitative estimate of drug-likeness (QED) is 0.542. The first-order valence-corrected chi connectivity index (χ1v) is 9.49. The van der Waals surface area contributed by atoms with Crippen LogP contribution in [0.2, 0.25) is 0 Å². The van der Waals surface area contributed by atoms with Crippen molar-refractivity contribution < 1.29 is 27.8 Å². The lowest BCUT2D eigenvalue weighted by Crippen LogP contribution is -2.31. The van der Waals surface area contributed by atoms with Gasteiger partial charge in [0.1, 0.15) is 0 Å². The zero-order valence-electron chi connectivity index (χ0n) is 18.0. The van der Waals surface area contributed by atoms with E-state index in [4.69, 9.17) is 9.47 Å². The number of halogens is 2. The first kappa shape index (κ1) is 22.3. The summed E-state index contributed by atoms with van der Waals surface area (Å²) in [6.07, 6.45) is 0. The average Bonchev–Trinajstić information content (AvgIpc) is 3.02. The Kier molecular flexibility index (Phi) is 6.57. The van der Waals surface area contributed by atoms with Gasteiger partial charge in [-0.05, 0) is 43.2 Å². The van der Waals surface area contributed by atoms with E-state index in [9.17, 15) is 13.6 Å². The van der Waals surface area contributed by atoms with Crippen LogP contribution in [0.3, 0.4) is 0 Å². The van der Waals surface area contributed by atoms with Gasteiger partial charge in [-0.3, -0.25) is 4.79 Å². The number of aromatic nitrogens is 3. The zero-order chi connectivity index (χ0) is 22.7. The van der Waals surface area contributed by atoms with Crippen molar-refractivity contribution in [3.8, 4) is 17.4 Å². The smallest absolute Gasteiger partial charge is 0.387 e. The monoisotopic (exact) mass is 434 g/mol. The Balaban J connectivity index is 1.67. The van der Waals surface area contributed by atoms with Gasteiger partial charge < -0.3 is 19.1 Å². The molecule has 8 nitrogen and oxygen atoms in total. The van der Waals surface area contributed by atoms with Gasteiger partial charge in [0, 0.05) is 26.3 Å². The Bertz CT molecular complexity index is 1100. The molecule has 0 saturated carbocycles. The van der Waals surface area contributed by atoms with Gasteiger partial charge in [-0.15, -0.1) is 5.10 Å². The van der Waals surface area contributed by atoms with Crippen molar-refractivity contribution in [2.24, 2.45) is 7.05 Å². The number of fused-ring (bicyclic) bond motifs is 1. The molecule has 0 fully saturated rings. The normalized spacial score (nSPS) is 11.1. The topological polar surface area (TPSA) is 78.7 Å². The highest BCUT2D eigenvalue weighted by molar-refractivity contribution is 5.85. The second kappa shape index (κ2) is 9.15. The second-order valence-electron chi connectivity index (χ2n) is 7.11. The van der Waals surface area contributed by atoms with E-state index in [1.807, 2.05) is 19.9 Å². The highest BCUT2D eigenvalue weighted by Gasteiger charge is 2.18. The van der Waals surface area contributed by atoms with Crippen molar-refractivity contribution in [1.82, 2.24) is 19.7 Å². The maximum absolute atomic E-state index is 12.6. The van der Waals surface area contributed by atoms with Crippen LogP contribution in [0.1, 0.15) is 16.8 Å². The van der Waals surface area contributed by atoms with Crippen molar-refractivity contribution >= 4 is 16.9 Å². The number of ether oxygens (including phenoxy) is 3. The van der Waals surface area contributed by atoms with Gasteiger partial charge in [0.2, 0.25) is 5.88 Å². The van der Waals surface area contributed by atoms with Gasteiger partial charge in [-0.2, -0.15) is 8.78 Å². The van der Waals surface area contributed by atoms with Gasteiger partial charge in [-0.25, -0.2) is 9.67 Å². The van der Waals surface area contributed by atoms with E-state index in [0.717, 1.165) is 16.6 Å². The molecule has 0 unspecified atom stereocenters. The molecule has 1 aromatic carbocycles. The van der Waals surface area contributed by atoms with Crippen molar-refractivity contribution in [2.45, 2.75) is 27.0 Å². The van der Waals surface area contributed by atoms with Crippen LogP contribution in [-0.4, -0.2) is 52.9 Å². The molecule has 3 aromatic rings. The molecule has 1 amide bonds. The van der Waals surface area contributed by atoms with Crippen molar-refractivity contribution in [3.63, 3.8) is 0 Å². The molecule has 0 radical (unpaired) electrons. The van der Waals surface area contributed by atoms with Crippen LogP contribution in [0.25, 0.3) is 11.0 Å². The first-order chi connectivity index (χ1) is 14.7. The van der Waals surface area contributed by atoms with Gasteiger partial charge in [-0.1, -0.05) is 6.07 Å². The molecule has 2 heterocycles. The largest absolute Gasteiger partial charge is 0.493 e. The fourth-order valence-electron chi connectivity index (χ4n) is 3.26. The minimum absolute atomic E-state index is 0.0696. The third-order valence-electron chi connectivity index (χ3n) is 4.71. The van der Waals surface area contributed by atoms with E-state index < -0.39 is 6.61 Å². The Morgan fingerprint density at radius 2 is 1.97 bits per heavy atom. The number of methoxy groups -OCH3 is 1. The third-order valence-corrected chi connectivity index (χ3v) is 4.71. The van der Waals surface area contributed by atoms with E-state index >= 15 is 0 Å². The predicted octanol–water partition coefficient (Wildman–Crippen LogP) is 3.23. The lowest BCUT2D eigenvalue weighted by Gasteiger charge is -2.18. The maximum atomic E-state index is 12.6. The number of amides is 1. The lowest BCUT2D eigenvalue weighted by molar-refractivity contribution is -0.132. The summed E-state index contributed by atoms with van der Waals surface area (Å²) in [7, 11) is 4.74. The third kappa shape index (κ3) is 5.01. The summed E-state index contributed by atoms with van der Waals surface area (Å²) >= 11 is 0. The molecular formula is C21H24F2N4O4. The summed E-state index contributed by atoms with van der Waals surface area (Å²) in [6.45, 7) is 0.913. The van der Waals surface area contributed by atoms with Gasteiger partial charge >= 0.3 is 6.61 Å². The van der Waals surface area contributed by atoms with E-state index in [-0.39, 0.29) is 30.6 Å². The number of rotatable bonds is 8. The first-order valence-electron chi connectivity index (χ1n) is 9.49. The number of benzene rings is 1. The molecule has 2 aromatic heterocycles. The fourth-order valence-corrected chi connectivity index (χ4v) is 3.26. The summed E-state index contributed by atoms with van der Waals surface area (Å²) < 4.78 is 41.8. The van der Waals surface area contributed by atoms with Crippen molar-refractivity contribution in [1.29, 1.82) is 0 Å². The Morgan fingerprint density at radius 3 is 2.65 bits per heavy atom. The molecule has 10 heteroatoms. The summed E-state index contributed by atoms with van der Waals surface area (Å²) in [6, 6.07) is 6.45. The number of carbonyl (C=O) groups is 1. The van der Waals surface area contributed by atoms with Crippen LogP contribution in [0.15, 0.2) is 24.3 Å². The number of carbonyl (C=O) groups excluding carboxylic acids is 1. The molecule has 3 rings (SSSR count).